The SMILES string of the molecule is Nc1c(F)cccc1C(=O)NC1(C(F)(F)F)CC1. The highest BCUT2D eigenvalue weighted by Gasteiger charge is 2.64. The number of carbonyl (C=O) groups excluding carboxylic acids is 1. The largest absolute Gasteiger partial charge is 0.411 e. The highest BCUT2D eigenvalue weighted by atomic mass is 19.4. The molecule has 2 rings (SSSR count). The van der Waals surface area contributed by atoms with E-state index in [0.29, 0.717) is 0 Å². The number of anilines is 1. The third-order valence-corrected chi connectivity index (χ3v) is 2.94. The van der Waals surface area contributed by atoms with Crippen LogP contribution < -0.4 is 11.1 Å². The number of halogens is 4. The first kappa shape index (κ1) is 12.7. The molecule has 0 aromatic heterocycles. The zero-order chi connectivity index (χ0) is 13.6. The van der Waals surface area contributed by atoms with E-state index in [1.54, 1.807) is 0 Å². The van der Waals surface area contributed by atoms with E-state index in [1.165, 1.54) is 12.1 Å². The summed E-state index contributed by atoms with van der Waals surface area (Å²) in [6.45, 7) is 0. The molecule has 3 N–H and O–H groups in total. The Kier molecular flexibility index (Phi) is 2.71. The van der Waals surface area contributed by atoms with Crippen LogP contribution in [-0.4, -0.2) is 17.6 Å². The lowest BCUT2D eigenvalue weighted by molar-refractivity contribution is -0.163. The molecule has 1 aliphatic rings. The van der Waals surface area contributed by atoms with Crippen molar-refractivity contribution in [1.29, 1.82) is 0 Å². The van der Waals surface area contributed by atoms with E-state index in [0.717, 1.165) is 6.07 Å². The van der Waals surface area contributed by atoms with Crippen molar-refractivity contribution >= 4 is 11.6 Å². The van der Waals surface area contributed by atoms with Crippen molar-refractivity contribution in [2.45, 2.75) is 24.6 Å². The summed E-state index contributed by atoms with van der Waals surface area (Å²) in [7, 11) is 0. The molecule has 0 saturated heterocycles. The molecule has 0 bridgehead atoms. The second-order valence-corrected chi connectivity index (χ2v) is 4.24. The van der Waals surface area contributed by atoms with E-state index >= 15 is 0 Å². The molecule has 18 heavy (non-hydrogen) atoms. The third kappa shape index (κ3) is 2.00. The van der Waals surface area contributed by atoms with Gasteiger partial charge >= 0.3 is 6.18 Å². The molecule has 98 valence electrons. The van der Waals surface area contributed by atoms with Gasteiger partial charge in [0.1, 0.15) is 11.4 Å². The fourth-order valence-electron chi connectivity index (χ4n) is 1.62. The van der Waals surface area contributed by atoms with Crippen molar-refractivity contribution in [3.63, 3.8) is 0 Å². The number of benzene rings is 1. The molecular weight excluding hydrogens is 252 g/mol. The van der Waals surface area contributed by atoms with Gasteiger partial charge in [-0.15, -0.1) is 0 Å². The molecule has 0 radical (unpaired) electrons. The van der Waals surface area contributed by atoms with Gasteiger partial charge in [0.15, 0.2) is 0 Å². The Labute approximate surface area is 100.0 Å². The number of rotatable bonds is 2. The fourth-order valence-corrected chi connectivity index (χ4v) is 1.62. The molecule has 0 spiro atoms. The number of para-hydroxylation sites is 1. The molecular formula is C11H10F4N2O. The lowest BCUT2D eigenvalue weighted by Crippen LogP contribution is -2.48. The van der Waals surface area contributed by atoms with Crippen molar-refractivity contribution < 1.29 is 22.4 Å². The summed E-state index contributed by atoms with van der Waals surface area (Å²) in [5.74, 6) is -1.85. The number of hydrogen-bond donors (Lipinski definition) is 2. The second-order valence-electron chi connectivity index (χ2n) is 4.24. The number of nitrogens with one attached hydrogen (secondary N) is 1. The molecule has 1 aromatic rings. The normalized spacial score (nSPS) is 17.3. The van der Waals surface area contributed by atoms with Crippen LogP contribution >= 0.6 is 0 Å². The highest BCUT2D eigenvalue weighted by molar-refractivity contribution is 5.99. The van der Waals surface area contributed by atoms with Gasteiger partial charge in [-0.25, -0.2) is 4.39 Å². The van der Waals surface area contributed by atoms with E-state index < -0.39 is 29.1 Å². The van der Waals surface area contributed by atoms with E-state index in [2.05, 4.69) is 0 Å². The van der Waals surface area contributed by atoms with Gasteiger partial charge in [0, 0.05) is 0 Å². The van der Waals surface area contributed by atoms with Crippen LogP contribution in [0.25, 0.3) is 0 Å². The highest BCUT2D eigenvalue weighted by Crippen LogP contribution is 2.49. The average Bonchev–Trinajstić information content (AvgIpc) is 3.02. The fraction of sp³-hybridized carbons (Fsp3) is 0.364. The molecule has 0 unspecified atom stereocenters. The summed E-state index contributed by atoms with van der Waals surface area (Å²) < 4.78 is 51.0. The van der Waals surface area contributed by atoms with Crippen molar-refractivity contribution in [2.75, 3.05) is 5.73 Å². The van der Waals surface area contributed by atoms with E-state index in [-0.39, 0.29) is 18.4 Å². The van der Waals surface area contributed by atoms with Crippen molar-refractivity contribution in [3.8, 4) is 0 Å². The van der Waals surface area contributed by atoms with Gasteiger partial charge in [-0.3, -0.25) is 4.79 Å². The summed E-state index contributed by atoms with van der Waals surface area (Å²) >= 11 is 0. The number of nitrogens with two attached hydrogens (primary N) is 1. The van der Waals surface area contributed by atoms with E-state index in [9.17, 15) is 22.4 Å². The maximum absolute atomic E-state index is 13.1. The quantitative estimate of drug-likeness (QED) is 0.634. The summed E-state index contributed by atoms with van der Waals surface area (Å²) in [5.41, 5.74) is 2.40. The summed E-state index contributed by atoms with van der Waals surface area (Å²) in [6, 6.07) is 3.43. The first-order valence-corrected chi connectivity index (χ1v) is 5.20. The van der Waals surface area contributed by atoms with Gasteiger partial charge in [-0.1, -0.05) is 6.07 Å². The smallest absolute Gasteiger partial charge is 0.396 e. The molecule has 0 aliphatic heterocycles. The van der Waals surface area contributed by atoms with Gasteiger partial charge < -0.3 is 11.1 Å². The van der Waals surface area contributed by atoms with Gasteiger partial charge in [0.2, 0.25) is 0 Å². The molecule has 3 nitrogen and oxygen atoms in total. The number of hydrogen-bond acceptors (Lipinski definition) is 2. The Bertz CT molecular complexity index is 494. The van der Waals surface area contributed by atoms with Crippen LogP contribution in [0.3, 0.4) is 0 Å². The Balaban J connectivity index is 2.21. The predicted molar refractivity (Wildman–Crippen MR) is 56.3 cm³/mol. The van der Waals surface area contributed by atoms with Crippen LogP contribution in [0.4, 0.5) is 23.2 Å². The Morgan fingerprint density at radius 1 is 1.33 bits per heavy atom. The zero-order valence-corrected chi connectivity index (χ0v) is 9.14. The standard InChI is InChI=1S/C11H10F4N2O/c12-7-3-1-2-6(8(7)16)9(18)17-10(4-5-10)11(13,14)15/h1-3H,4-5,16H2,(H,17,18). The first-order valence-electron chi connectivity index (χ1n) is 5.20. The van der Waals surface area contributed by atoms with Crippen LogP contribution in [0.15, 0.2) is 18.2 Å². The van der Waals surface area contributed by atoms with Crippen LogP contribution in [0.1, 0.15) is 23.2 Å². The lowest BCUT2D eigenvalue weighted by atomic mass is 10.1. The number of amides is 1. The minimum absolute atomic E-state index is 0.169. The summed E-state index contributed by atoms with van der Waals surface area (Å²) in [4.78, 5) is 11.7. The Morgan fingerprint density at radius 3 is 2.44 bits per heavy atom. The topological polar surface area (TPSA) is 55.1 Å². The van der Waals surface area contributed by atoms with Gasteiger partial charge in [-0.05, 0) is 25.0 Å². The van der Waals surface area contributed by atoms with Crippen molar-refractivity contribution in [2.24, 2.45) is 0 Å². The Hall–Kier alpha value is -1.79. The Morgan fingerprint density at radius 2 is 1.94 bits per heavy atom. The lowest BCUT2D eigenvalue weighted by Gasteiger charge is -2.21. The second kappa shape index (κ2) is 3.86. The number of nitrogen functional groups attached to an aromatic ring is 1. The number of alkyl halides is 3. The molecule has 1 fully saturated rings. The summed E-state index contributed by atoms with van der Waals surface area (Å²) in [5, 5.41) is 1.88. The predicted octanol–water partition coefficient (Wildman–Crippen LogP) is 2.23. The maximum atomic E-state index is 13.1. The first-order chi connectivity index (χ1) is 8.27. The van der Waals surface area contributed by atoms with Crippen LogP contribution in [0, 0.1) is 5.82 Å². The molecule has 1 amide bonds. The monoisotopic (exact) mass is 262 g/mol. The average molecular weight is 262 g/mol. The molecule has 0 heterocycles. The molecule has 1 saturated carbocycles. The summed E-state index contributed by atoms with van der Waals surface area (Å²) in [6.07, 6.45) is -4.85. The van der Waals surface area contributed by atoms with Crippen molar-refractivity contribution in [3.05, 3.63) is 29.6 Å². The minimum atomic E-state index is -4.51. The maximum Gasteiger partial charge on any atom is 0.411 e. The molecule has 0 atom stereocenters. The molecule has 1 aliphatic carbocycles. The van der Waals surface area contributed by atoms with E-state index in [4.69, 9.17) is 5.73 Å². The van der Waals surface area contributed by atoms with Crippen molar-refractivity contribution in [1.82, 2.24) is 5.32 Å². The van der Waals surface area contributed by atoms with Gasteiger partial charge in [0.05, 0.1) is 11.3 Å². The van der Waals surface area contributed by atoms with Crippen LogP contribution in [0.5, 0.6) is 0 Å². The third-order valence-electron chi connectivity index (χ3n) is 2.94. The van der Waals surface area contributed by atoms with E-state index in [1.807, 2.05) is 5.32 Å². The minimum Gasteiger partial charge on any atom is -0.396 e. The van der Waals surface area contributed by atoms with Crippen LogP contribution in [-0.2, 0) is 0 Å². The molecule has 7 heteroatoms. The zero-order valence-electron chi connectivity index (χ0n) is 9.14. The van der Waals surface area contributed by atoms with Gasteiger partial charge in [-0.2, -0.15) is 13.2 Å². The van der Waals surface area contributed by atoms with Gasteiger partial charge in [0.25, 0.3) is 5.91 Å². The number of carbonyl (C=O) groups is 1. The van der Waals surface area contributed by atoms with Crippen LogP contribution in [0.2, 0.25) is 0 Å². The molecule has 1 aromatic carbocycles.